The number of hydrogen-bond donors (Lipinski definition) is 2. The van der Waals surface area contributed by atoms with Gasteiger partial charge in [0, 0.05) is 24.2 Å². The van der Waals surface area contributed by atoms with Crippen molar-refractivity contribution in [2.45, 2.75) is 44.7 Å². The van der Waals surface area contributed by atoms with Gasteiger partial charge in [-0.1, -0.05) is 48.9 Å². The third-order valence-electron chi connectivity index (χ3n) is 5.33. The van der Waals surface area contributed by atoms with Crippen molar-refractivity contribution in [1.82, 2.24) is 14.8 Å². The van der Waals surface area contributed by atoms with Crippen molar-refractivity contribution in [3.8, 4) is 11.4 Å². The van der Waals surface area contributed by atoms with Crippen LogP contribution in [-0.4, -0.2) is 20.7 Å². The predicted molar refractivity (Wildman–Crippen MR) is 110 cm³/mol. The Morgan fingerprint density at radius 3 is 2.71 bits per heavy atom. The molecule has 0 spiro atoms. The average molecular weight is 375 g/mol. The van der Waals surface area contributed by atoms with E-state index in [0.29, 0.717) is 5.69 Å². The van der Waals surface area contributed by atoms with Crippen LogP contribution in [0, 0.1) is 0 Å². The smallest absolute Gasteiger partial charge is 0.248 e. The fraction of sp³-hybridized carbons (Fsp3) is 0.318. The molecule has 1 amide bonds. The maximum absolute atomic E-state index is 12.8. The molecule has 4 rings (SSSR count). The molecule has 1 aliphatic heterocycles. The summed E-state index contributed by atoms with van der Waals surface area (Å²) in [7, 11) is 0. The number of carbonyl (C=O) groups is 1. The molecule has 144 valence electrons. The van der Waals surface area contributed by atoms with Gasteiger partial charge in [-0.15, -0.1) is 10.2 Å². The van der Waals surface area contributed by atoms with Crippen LogP contribution < -0.4 is 11.1 Å². The standard InChI is InChI=1S/C22H25N5O/c1-22(23,17-10-4-2-5-11-17)21(28)24-18-12-8-9-16(15-18)20-26-25-19-13-6-3-7-14-27(19)20/h2,4-5,8-12,15H,3,6-7,13-14,23H2,1H3,(H,24,28). The van der Waals surface area contributed by atoms with E-state index in [1.165, 1.54) is 6.42 Å². The minimum absolute atomic E-state index is 0.254. The molecule has 0 radical (unpaired) electrons. The van der Waals surface area contributed by atoms with Gasteiger partial charge in [-0.05, 0) is 37.5 Å². The second kappa shape index (κ2) is 7.56. The molecule has 0 bridgehead atoms. The van der Waals surface area contributed by atoms with E-state index in [-0.39, 0.29) is 5.91 Å². The molecule has 2 aromatic carbocycles. The van der Waals surface area contributed by atoms with Gasteiger partial charge in [-0.25, -0.2) is 0 Å². The number of rotatable bonds is 4. The first-order valence-electron chi connectivity index (χ1n) is 9.74. The number of carbonyl (C=O) groups excluding carboxylic acids is 1. The lowest BCUT2D eigenvalue weighted by Crippen LogP contribution is -2.45. The Morgan fingerprint density at radius 1 is 1.07 bits per heavy atom. The Kier molecular flexibility index (Phi) is 4.96. The fourth-order valence-corrected chi connectivity index (χ4v) is 3.61. The van der Waals surface area contributed by atoms with Gasteiger partial charge in [0.25, 0.3) is 0 Å². The van der Waals surface area contributed by atoms with Crippen LogP contribution in [-0.2, 0) is 23.3 Å². The maximum Gasteiger partial charge on any atom is 0.248 e. The minimum Gasteiger partial charge on any atom is -0.324 e. The highest BCUT2D eigenvalue weighted by molar-refractivity contribution is 5.98. The van der Waals surface area contributed by atoms with Crippen molar-refractivity contribution >= 4 is 11.6 Å². The Labute approximate surface area is 164 Å². The molecule has 0 aliphatic carbocycles. The Morgan fingerprint density at radius 2 is 1.89 bits per heavy atom. The van der Waals surface area contributed by atoms with Crippen molar-refractivity contribution < 1.29 is 4.79 Å². The summed E-state index contributed by atoms with van der Waals surface area (Å²) in [5.74, 6) is 1.64. The second-order valence-electron chi connectivity index (χ2n) is 7.51. The zero-order valence-corrected chi connectivity index (χ0v) is 16.1. The van der Waals surface area contributed by atoms with Crippen LogP contribution in [0.3, 0.4) is 0 Å². The maximum atomic E-state index is 12.8. The summed E-state index contributed by atoms with van der Waals surface area (Å²) < 4.78 is 2.20. The number of nitrogens with one attached hydrogen (secondary N) is 1. The molecular formula is C22H25N5O. The number of benzene rings is 2. The predicted octanol–water partition coefficient (Wildman–Crippen LogP) is 3.48. The topological polar surface area (TPSA) is 85.8 Å². The first-order valence-corrected chi connectivity index (χ1v) is 9.74. The van der Waals surface area contributed by atoms with E-state index in [0.717, 1.165) is 48.6 Å². The first-order chi connectivity index (χ1) is 13.6. The lowest BCUT2D eigenvalue weighted by Gasteiger charge is -2.24. The van der Waals surface area contributed by atoms with Gasteiger partial charge in [-0.3, -0.25) is 4.79 Å². The summed E-state index contributed by atoms with van der Waals surface area (Å²) in [5.41, 5.74) is 7.62. The van der Waals surface area contributed by atoms with Crippen molar-refractivity contribution in [3.63, 3.8) is 0 Å². The molecule has 3 aromatic rings. The lowest BCUT2D eigenvalue weighted by molar-refractivity contribution is -0.120. The third-order valence-corrected chi connectivity index (χ3v) is 5.33. The molecule has 0 saturated carbocycles. The van der Waals surface area contributed by atoms with E-state index < -0.39 is 5.54 Å². The highest BCUT2D eigenvalue weighted by Crippen LogP contribution is 2.26. The molecule has 2 heterocycles. The zero-order valence-electron chi connectivity index (χ0n) is 16.1. The quantitative estimate of drug-likeness (QED) is 0.731. The van der Waals surface area contributed by atoms with Crippen LogP contribution in [0.4, 0.5) is 5.69 Å². The zero-order chi connectivity index (χ0) is 19.6. The van der Waals surface area contributed by atoms with Crippen LogP contribution in [0.5, 0.6) is 0 Å². The summed E-state index contributed by atoms with van der Waals surface area (Å²) in [6.07, 6.45) is 4.47. The van der Waals surface area contributed by atoms with Gasteiger partial charge in [-0.2, -0.15) is 0 Å². The van der Waals surface area contributed by atoms with Gasteiger partial charge in [0.1, 0.15) is 11.4 Å². The molecule has 3 N–H and O–H groups in total. The number of nitrogens with two attached hydrogens (primary N) is 1. The van der Waals surface area contributed by atoms with E-state index in [9.17, 15) is 4.79 Å². The molecule has 1 aromatic heterocycles. The van der Waals surface area contributed by atoms with Crippen LogP contribution in [0.15, 0.2) is 54.6 Å². The van der Waals surface area contributed by atoms with Gasteiger partial charge in [0.05, 0.1) is 0 Å². The Hall–Kier alpha value is -2.99. The number of hydrogen-bond acceptors (Lipinski definition) is 4. The van der Waals surface area contributed by atoms with E-state index in [2.05, 4.69) is 20.1 Å². The molecule has 0 fully saturated rings. The molecule has 1 unspecified atom stereocenters. The summed E-state index contributed by atoms with van der Waals surface area (Å²) in [4.78, 5) is 12.8. The van der Waals surface area contributed by atoms with Gasteiger partial charge >= 0.3 is 0 Å². The van der Waals surface area contributed by atoms with Crippen molar-refractivity contribution in [1.29, 1.82) is 0 Å². The van der Waals surface area contributed by atoms with Crippen LogP contribution in [0.25, 0.3) is 11.4 Å². The van der Waals surface area contributed by atoms with Crippen LogP contribution >= 0.6 is 0 Å². The molecular weight excluding hydrogens is 350 g/mol. The lowest BCUT2D eigenvalue weighted by atomic mass is 9.92. The molecule has 0 saturated heterocycles. The molecule has 6 nitrogen and oxygen atoms in total. The van der Waals surface area contributed by atoms with Crippen molar-refractivity contribution in [3.05, 3.63) is 66.0 Å². The SMILES string of the molecule is CC(N)(C(=O)Nc1cccc(-c2nnc3n2CCCCC3)c1)c1ccccc1. The summed E-state index contributed by atoms with van der Waals surface area (Å²) in [5, 5.41) is 11.7. The largest absolute Gasteiger partial charge is 0.324 e. The number of fused-ring (bicyclic) bond motifs is 1. The van der Waals surface area contributed by atoms with Crippen LogP contribution in [0.2, 0.25) is 0 Å². The highest BCUT2D eigenvalue weighted by atomic mass is 16.2. The number of aromatic nitrogens is 3. The van der Waals surface area contributed by atoms with E-state index in [1.807, 2.05) is 54.6 Å². The third kappa shape index (κ3) is 3.55. The van der Waals surface area contributed by atoms with Crippen molar-refractivity contribution in [2.75, 3.05) is 5.32 Å². The monoisotopic (exact) mass is 375 g/mol. The molecule has 1 aliphatic rings. The van der Waals surface area contributed by atoms with E-state index in [4.69, 9.17) is 5.73 Å². The molecule has 6 heteroatoms. The summed E-state index contributed by atoms with van der Waals surface area (Å²) >= 11 is 0. The molecule has 1 atom stereocenters. The Bertz CT molecular complexity index is 978. The van der Waals surface area contributed by atoms with E-state index in [1.54, 1.807) is 6.92 Å². The van der Waals surface area contributed by atoms with Crippen LogP contribution in [0.1, 0.15) is 37.6 Å². The van der Waals surface area contributed by atoms with Gasteiger partial charge in [0.15, 0.2) is 5.82 Å². The first kappa shape index (κ1) is 18.4. The number of aryl methyl sites for hydroxylation is 1. The fourth-order valence-electron chi connectivity index (χ4n) is 3.61. The second-order valence-corrected chi connectivity index (χ2v) is 7.51. The highest BCUT2D eigenvalue weighted by Gasteiger charge is 2.30. The average Bonchev–Trinajstić information content (AvgIpc) is 2.97. The normalized spacial score (nSPS) is 15.9. The summed E-state index contributed by atoms with van der Waals surface area (Å²) in [6, 6.07) is 17.1. The van der Waals surface area contributed by atoms with Gasteiger partial charge in [0.2, 0.25) is 5.91 Å². The summed E-state index contributed by atoms with van der Waals surface area (Å²) in [6.45, 7) is 2.66. The van der Waals surface area contributed by atoms with Crippen molar-refractivity contribution in [2.24, 2.45) is 5.73 Å². The Balaban J connectivity index is 1.58. The van der Waals surface area contributed by atoms with Gasteiger partial charge < -0.3 is 15.6 Å². The number of anilines is 1. The minimum atomic E-state index is -1.12. The number of amides is 1. The molecule has 28 heavy (non-hydrogen) atoms. The number of nitrogens with zero attached hydrogens (tertiary/aromatic N) is 3. The van der Waals surface area contributed by atoms with E-state index >= 15 is 0 Å².